The number of nitrogens with zero attached hydrogens (tertiary/aromatic N) is 4. The molecule has 0 radical (unpaired) electrons. The predicted molar refractivity (Wildman–Crippen MR) is 109 cm³/mol. The SMILES string of the molecule is COc1cc(CN(C)C(=O)c2sc3ncnc(NCCC(F)(F)F)c3c2CO)ccn1. The zero-order chi connectivity index (χ0) is 22.6. The molecular formula is C19H20F3N5O3S. The maximum absolute atomic E-state index is 13.1. The van der Waals surface area contributed by atoms with Crippen LogP contribution in [0.15, 0.2) is 24.7 Å². The van der Waals surface area contributed by atoms with Gasteiger partial charge in [-0.3, -0.25) is 4.79 Å². The molecule has 3 aromatic heterocycles. The van der Waals surface area contributed by atoms with Gasteiger partial charge in [-0.2, -0.15) is 13.2 Å². The fourth-order valence-corrected chi connectivity index (χ4v) is 4.10. The molecule has 2 N–H and O–H groups in total. The molecule has 0 aliphatic heterocycles. The summed E-state index contributed by atoms with van der Waals surface area (Å²) in [6.07, 6.45) is -2.58. The number of aliphatic hydroxyl groups is 1. The number of ether oxygens (including phenoxy) is 1. The molecule has 0 bridgehead atoms. The van der Waals surface area contributed by atoms with Crippen LogP contribution < -0.4 is 10.1 Å². The van der Waals surface area contributed by atoms with Crippen LogP contribution in [0.3, 0.4) is 0 Å². The Morgan fingerprint density at radius 2 is 2.10 bits per heavy atom. The van der Waals surface area contributed by atoms with Gasteiger partial charge in [-0.05, 0) is 11.6 Å². The van der Waals surface area contributed by atoms with Crippen LogP contribution in [0.2, 0.25) is 0 Å². The summed E-state index contributed by atoms with van der Waals surface area (Å²) < 4.78 is 42.5. The Morgan fingerprint density at radius 3 is 2.77 bits per heavy atom. The highest BCUT2D eigenvalue weighted by Crippen LogP contribution is 2.35. The number of hydrogen-bond donors (Lipinski definition) is 2. The van der Waals surface area contributed by atoms with E-state index in [1.165, 1.54) is 18.3 Å². The van der Waals surface area contributed by atoms with Crippen LogP contribution in [0.1, 0.15) is 27.2 Å². The Morgan fingerprint density at radius 1 is 1.32 bits per heavy atom. The van der Waals surface area contributed by atoms with Crippen molar-refractivity contribution in [1.29, 1.82) is 0 Å². The fraction of sp³-hybridized carbons (Fsp3) is 0.368. The number of methoxy groups -OCH3 is 1. The molecule has 0 unspecified atom stereocenters. The summed E-state index contributed by atoms with van der Waals surface area (Å²) in [5.74, 6) is 0.209. The van der Waals surface area contributed by atoms with Gasteiger partial charge in [0.15, 0.2) is 0 Å². The summed E-state index contributed by atoms with van der Waals surface area (Å²) in [5.41, 5.74) is 1.07. The van der Waals surface area contributed by atoms with Crippen molar-refractivity contribution < 1.29 is 27.8 Å². The minimum absolute atomic E-state index is 0.148. The molecule has 0 saturated heterocycles. The molecule has 1 amide bonds. The number of thiophene rings is 1. The van der Waals surface area contributed by atoms with Crippen molar-refractivity contribution in [3.8, 4) is 5.88 Å². The highest BCUT2D eigenvalue weighted by molar-refractivity contribution is 7.20. The number of nitrogens with one attached hydrogen (secondary N) is 1. The third-order valence-corrected chi connectivity index (χ3v) is 5.54. The van der Waals surface area contributed by atoms with E-state index in [9.17, 15) is 23.1 Å². The Labute approximate surface area is 179 Å². The maximum Gasteiger partial charge on any atom is 0.390 e. The lowest BCUT2D eigenvalue weighted by atomic mass is 10.1. The van der Waals surface area contributed by atoms with Crippen LogP contribution in [-0.2, 0) is 13.2 Å². The van der Waals surface area contributed by atoms with Crippen LogP contribution >= 0.6 is 11.3 Å². The van der Waals surface area contributed by atoms with E-state index in [1.807, 2.05) is 0 Å². The van der Waals surface area contributed by atoms with Crippen LogP contribution in [0.25, 0.3) is 10.2 Å². The topological polar surface area (TPSA) is 100 Å². The maximum atomic E-state index is 13.1. The van der Waals surface area contributed by atoms with E-state index in [0.29, 0.717) is 16.1 Å². The van der Waals surface area contributed by atoms with Gasteiger partial charge in [-0.1, -0.05) is 0 Å². The lowest BCUT2D eigenvalue weighted by Crippen LogP contribution is -2.26. The van der Waals surface area contributed by atoms with Crippen LogP contribution in [0.5, 0.6) is 5.88 Å². The van der Waals surface area contributed by atoms with Crippen LogP contribution in [-0.4, -0.2) is 57.7 Å². The number of carbonyl (C=O) groups is 1. The first-order valence-electron chi connectivity index (χ1n) is 9.15. The first-order valence-corrected chi connectivity index (χ1v) is 9.97. The first kappa shape index (κ1) is 22.7. The molecular weight excluding hydrogens is 435 g/mol. The zero-order valence-corrected chi connectivity index (χ0v) is 17.5. The third-order valence-electron chi connectivity index (χ3n) is 4.42. The number of aromatic nitrogens is 3. The van der Waals surface area contributed by atoms with Gasteiger partial charge >= 0.3 is 6.18 Å². The molecule has 0 saturated carbocycles. The summed E-state index contributed by atoms with van der Waals surface area (Å²) in [4.78, 5) is 27.3. The Bertz CT molecular complexity index is 1070. The van der Waals surface area contributed by atoms with E-state index in [1.54, 1.807) is 25.4 Å². The zero-order valence-electron chi connectivity index (χ0n) is 16.7. The van der Waals surface area contributed by atoms with Gasteiger partial charge in [-0.15, -0.1) is 11.3 Å². The molecule has 3 rings (SSSR count). The van der Waals surface area contributed by atoms with Gasteiger partial charge in [0.05, 0.1) is 25.5 Å². The number of fused-ring (bicyclic) bond motifs is 1. The van der Waals surface area contributed by atoms with Crippen LogP contribution in [0, 0.1) is 0 Å². The number of pyridine rings is 1. The van der Waals surface area contributed by atoms with Gasteiger partial charge < -0.3 is 20.1 Å². The molecule has 0 fully saturated rings. The Kier molecular flexibility index (Phi) is 6.91. The minimum atomic E-state index is -4.31. The number of carbonyl (C=O) groups excluding carboxylic acids is 1. The summed E-state index contributed by atoms with van der Waals surface area (Å²) >= 11 is 1.05. The number of amides is 1. The van der Waals surface area contributed by atoms with Gasteiger partial charge in [0.25, 0.3) is 5.91 Å². The number of hydrogen-bond acceptors (Lipinski definition) is 8. The molecule has 0 aromatic carbocycles. The van der Waals surface area contributed by atoms with E-state index in [2.05, 4.69) is 20.3 Å². The smallest absolute Gasteiger partial charge is 0.390 e. The average molecular weight is 455 g/mol. The van der Waals surface area contributed by atoms with Crippen molar-refractivity contribution >= 4 is 33.3 Å². The lowest BCUT2D eigenvalue weighted by molar-refractivity contribution is -0.131. The number of alkyl halides is 3. The lowest BCUT2D eigenvalue weighted by Gasteiger charge is -2.17. The van der Waals surface area contributed by atoms with Crippen molar-refractivity contribution in [3.63, 3.8) is 0 Å². The normalized spacial score (nSPS) is 11.5. The quantitative estimate of drug-likeness (QED) is 0.538. The highest BCUT2D eigenvalue weighted by Gasteiger charge is 2.27. The molecule has 8 nitrogen and oxygen atoms in total. The van der Waals surface area contributed by atoms with Crippen molar-refractivity contribution in [3.05, 3.63) is 40.7 Å². The van der Waals surface area contributed by atoms with E-state index < -0.39 is 19.2 Å². The third kappa shape index (κ3) is 5.39. The summed E-state index contributed by atoms with van der Waals surface area (Å²) in [7, 11) is 3.10. The summed E-state index contributed by atoms with van der Waals surface area (Å²) in [6, 6.07) is 3.45. The van der Waals surface area contributed by atoms with Gasteiger partial charge in [0, 0.05) is 38.0 Å². The van der Waals surface area contributed by atoms with Crippen molar-refractivity contribution in [2.24, 2.45) is 0 Å². The molecule has 12 heteroatoms. The summed E-state index contributed by atoms with van der Waals surface area (Å²) in [5, 5.41) is 12.9. The second-order valence-corrected chi connectivity index (χ2v) is 7.63. The number of halogens is 3. The second-order valence-electron chi connectivity index (χ2n) is 6.63. The van der Waals surface area contributed by atoms with Crippen molar-refractivity contribution in [1.82, 2.24) is 19.9 Å². The Balaban J connectivity index is 1.87. The fourth-order valence-electron chi connectivity index (χ4n) is 2.95. The molecule has 166 valence electrons. The van der Waals surface area contributed by atoms with Crippen LogP contribution in [0.4, 0.5) is 19.0 Å². The van der Waals surface area contributed by atoms with Gasteiger partial charge in [0.1, 0.15) is 21.9 Å². The van der Waals surface area contributed by atoms with Gasteiger partial charge in [0.2, 0.25) is 5.88 Å². The number of aliphatic hydroxyl groups excluding tert-OH is 1. The highest BCUT2D eigenvalue weighted by atomic mass is 32.1. The first-order chi connectivity index (χ1) is 14.7. The van der Waals surface area contributed by atoms with Crippen molar-refractivity contribution in [2.75, 3.05) is 26.0 Å². The molecule has 0 aliphatic rings. The molecule has 0 atom stereocenters. The minimum Gasteiger partial charge on any atom is -0.481 e. The standard InChI is InChI=1S/C19H20F3N5O3S/c1-27(8-11-3-5-23-13(7-11)30-2)18(29)15-12(9-28)14-16(24-6-4-19(20,21)22)25-10-26-17(14)31-15/h3,5,7,10,28H,4,6,8-9H2,1-2H3,(H,24,25,26). The van der Waals surface area contributed by atoms with Gasteiger partial charge in [-0.25, -0.2) is 15.0 Å². The van der Waals surface area contributed by atoms with E-state index in [-0.39, 0.29) is 35.3 Å². The summed E-state index contributed by atoms with van der Waals surface area (Å²) in [6.45, 7) is -0.609. The molecule has 0 aliphatic carbocycles. The monoisotopic (exact) mass is 455 g/mol. The van der Waals surface area contributed by atoms with Crippen molar-refractivity contribution in [2.45, 2.75) is 25.7 Å². The molecule has 3 aromatic rings. The van der Waals surface area contributed by atoms with E-state index in [0.717, 1.165) is 16.9 Å². The Hall–Kier alpha value is -2.99. The average Bonchev–Trinajstić information content (AvgIpc) is 3.11. The molecule has 3 heterocycles. The van der Waals surface area contributed by atoms with E-state index in [4.69, 9.17) is 4.74 Å². The largest absolute Gasteiger partial charge is 0.481 e. The predicted octanol–water partition coefficient (Wildman–Crippen LogP) is 3.22. The van der Waals surface area contributed by atoms with E-state index >= 15 is 0 Å². The number of rotatable bonds is 8. The molecule has 31 heavy (non-hydrogen) atoms. The molecule has 0 spiro atoms. The number of anilines is 1. The second kappa shape index (κ2) is 9.43.